The monoisotopic (exact) mass is 362 g/mol. The molecule has 0 aliphatic carbocycles. The molecule has 134 valence electrons. The van der Waals surface area contributed by atoms with Gasteiger partial charge in [-0.15, -0.1) is 0 Å². The number of aryl methyl sites for hydroxylation is 1. The van der Waals surface area contributed by atoms with E-state index in [4.69, 9.17) is 4.42 Å². The summed E-state index contributed by atoms with van der Waals surface area (Å²) in [6.45, 7) is 1.00. The van der Waals surface area contributed by atoms with Crippen LogP contribution >= 0.6 is 0 Å². The van der Waals surface area contributed by atoms with E-state index in [-0.39, 0.29) is 11.7 Å². The van der Waals surface area contributed by atoms with Crippen LogP contribution in [0.2, 0.25) is 0 Å². The second kappa shape index (κ2) is 7.74. The van der Waals surface area contributed by atoms with Crippen molar-refractivity contribution in [3.63, 3.8) is 0 Å². The van der Waals surface area contributed by atoms with Gasteiger partial charge in [-0.3, -0.25) is 9.10 Å². The Labute approximate surface area is 147 Å². The normalized spacial score (nSPS) is 16.6. The van der Waals surface area contributed by atoms with Crippen molar-refractivity contribution in [3.8, 4) is 0 Å². The Kier molecular flexibility index (Phi) is 5.43. The minimum Gasteiger partial charge on any atom is -0.469 e. The van der Waals surface area contributed by atoms with Crippen LogP contribution in [0.25, 0.3) is 0 Å². The van der Waals surface area contributed by atoms with Crippen LogP contribution in [0.15, 0.2) is 47.1 Å². The topological polar surface area (TPSA) is 79.6 Å². The fourth-order valence-corrected chi connectivity index (χ4v) is 4.53. The van der Waals surface area contributed by atoms with Crippen molar-refractivity contribution in [2.75, 3.05) is 23.1 Å². The zero-order valence-electron chi connectivity index (χ0n) is 14.0. The van der Waals surface area contributed by atoms with Crippen LogP contribution < -0.4 is 9.62 Å². The molecule has 1 aliphatic rings. The van der Waals surface area contributed by atoms with Crippen molar-refractivity contribution in [1.29, 1.82) is 0 Å². The Morgan fingerprint density at radius 2 is 2.08 bits per heavy atom. The van der Waals surface area contributed by atoms with Crippen molar-refractivity contribution in [2.24, 2.45) is 0 Å². The van der Waals surface area contributed by atoms with E-state index in [1.807, 2.05) is 12.1 Å². The van der Waals surface area contributed by atoms with Gasteiger partial charge in [0.15, 0.2) is 0 Å². The highest BCUT2D eigenvalue weighted by atomic mass is 32.2. The van der Waals surface area contributed by atoms with Crippen LogP contribution in [-0.2, 0) is 16.4 Å². The van der Waals surface area contributed by atoms with E-state index in [2.05, 4.69) is 5.32 Å². The van der Waals surface area contributed by atoms with E-state index in [1.54, 1.807) is 30.5 Å². The summed E-state index contributed by atoms with van der Waals surface area (Å²) in [4.78, 5) is 12.3. The highest BCUT2D eigenvalue weighted by Crippen LogP contribution is 2.24. The number of nitrogens with zero attached hydrogens (tertiary/aromatic N) is 1. The number of amides is 1. The number of benzene rings is 1. The number of hydrogen-bond acceptors (Lipinski definition) is 4. The molecular weight excluding hydrogens is 340 g/mol. The molecule has 0 saturated carbocycles. The lowest BCUT2D eigenvalue weighted by molar-refractivity contribution is 0.0953. The summed E-state index contributed by atoms with van der Waals surface area (Å²) in [6, 6.07) is 10.5. The maximum atomic E-state index is 12.3. The van der Waals surface area contributed by atoms with Crippen LogP contribution in [0, 0.1) is 0 Å². The molecule has 1 N–H and O–H groups in total. The third kappa shape index (κ3) is 4.42. The molecule has 1 aromatic heterocycles. The first-order chi connectivity index (χ1) is 12.1. The molecule has 0 unspecified atom stereocenters. The van der Waals surface area contributed by atoms with Gasteiger partial charge in [-0.05, 0) is 49.6 Å². The summed E-state index contributed by atoms with van der Waals surface area (Å²) in [6.07, 6.45) is 4.70. The number of anilines is 1. The van der Waals surface area contributed by atoms with Gasteiger partial charge in [0.2, 0.25) is 10.0 Å². The second-order valence-corrected chi connectivity index (χ2v) is 8.10. The zero-order chi connectivity index (χ0) is 17.7. The van der Waals surface area contributed by atoms with Gasteiger partial charge in [-0.2, -0.15) is 0 Å². The highest BCUT2D eigenvalue weighted by Gasteiger charge is 2.26. The fraction of sp³-hybridized carbons (Fsp3) is 0.389. The van der Waals surface area contributed by atoms with Crippen LogP contribution in [-0.4, -0.2) is 33.2 Å². The molecule has 3 rings (SSSR count). The molecule has 6 nitrogen and oxygen atoms in total. The molecule has 1 saturated heterocycles. The molecule has 2 aromatic rings. The quantitative estimate of drug-likeness (QED) is 0.801. The molecule has 0 spiro atoms. The molecule has 0 bridgehead atoms. The fourth-order valence-electron chi connectivity index (χ4n) is 2.90. The average molecular weight is 362 g/mol. The van der Waals surface area contributed by atoms with Crippen molar-refractivity contribution < 1.29 is 17.6 Å². The molecule has 0 radical (unpaired) electrons. The van der Waals surface area contributed by atoms with Gasteiger partial charge in [-0.25, -0.2) is 8.42 Å². The van der Waals surface area contributed by atoms with E-state index < -0.39 is 10.0 Å². The van der Waals surface area contributed by atoms with E-state index >= 15 is 0 Å². The first-order valence-corrected chi connectivity index (χ1v) is 10.1. The summed E-state index contributed by atoms with van der Waals surface area (Å²) >= 11 is 0. The predicted octanol–water partition coefficient (Wildman–Crippen LogP) is 2.57. The largest absolute Gasteiger partial charge is 0.469 e. The van der Waals surface area contributed by atoms with Crippen LogP contribution in [0.4, 0.5) is 5.69 Å². The Bertz CT molecular complexity index is 815. The first kappa shape index (κ1) is 17.5. The number of carbonyl (C=O) groups is 1. The average Bonchev–Trinajstić information content (AvgIpc) is 3.12. The highest BCUT2D eigenvalue weighted by molar-refractivity contribution is 7.92. The van der Waals surface area contributed by atoms with Gasteiger partial charge >= 0.3 is 0 Å². The van der Waals surface area contributed by atoms with Gasteiger partial charge in [-0.1, -0.05) is 6.07 Å². The number of hydrogen-bond donors (Lipinski definition) is 1. The summed E-state index contributed by atoms with van der Waals surface area (Å²) < 4.78 is 31.1. The predicted molar refractivity (Wildman–Crippen MR) is 96.2 cm³/mol. The third-order valence-electron chi connectivity index (χ3n) is 4.21. The molecule has 7 heteroatoms. The molecule has 1 aliphatic heterocycles. The van der Waals surface area contributed by atoms with Gasteiger partial charge < -0.3 is 9.73 Å². The van der Waals surface area contributed by atoms with Crippen molar-refractivity contribution >= 4 is 21.6 Å². The number of rotatable bonds is 6. The molecule has 2 heterocycles. The zero-order valence-corrected chi connectivity index (χ0v) is 14.8. The summed E-state index contributed by atoms with van der Waals surface area (Å²) in [5.74, 6) is 0.859. The Morgan fingerprint density at radius 1 is 1.20 bits per heavy atom. The minimum atomic E-state index is -3.27. The third-order valence-corrected chi connectivity index (χ3v) is 6.08. The molecule has 1 fully saturated rings. The number of furan rings is 1. The summed E-state index contributed by atoms with van der Waals surface area (Å²) in [5, 5.41) is 2.86. The van der Waals surface area contributed by atoms with Crippen molar-refractivity contribution in [3.05, 3.63) is 54.0 Å². The van der Waals surface area contributed by atoms with Crippen LogP contribution in [0.1, 0.15) is 35.4 Å². The molecule has 1 amide bonds. The van der Waals surface area contributed by atoms with Crippen molar-refractivity contribution in [1.82, 2.24) is 5.32 Å². The summed E-state index contributed by atoms with van der Waals surface area (Å²) in [5.41, 5.74) is 1.03. The molecule has 25 heavy (non-hydrogen) atoms. The number of carbonyl (C=O) groups excluding carboxylic acids is 1. The Balaban J connectivity index is 1.59. The smallest absolute Gasteiger partial charge is 0.251 e. The lowest BCUT2D eigenvalue weighted by Gasteiger charge is -2.28. The standard InChI is InChI=1S/C18H22N2O4S/c21-18(19-10-4-8-17-9-5-12-24-17)15-6-3-7-16(14-15)20-11-1-2-13-25(20,22)23/h3,5-7,9,12,14H,1-2,4,8,10-11,13H2,(H,19,21). The minimum absolute atomic E-state index is 0.163. The van der Waals surface area contributed by atoms with Gasteiger partial charge in [0.1, 0.15) is 5.76 Å². The van der Waals surface area contributed by atoms with Crippen LogP contribution in [0.3, 0.4) is 0 Å². The first-order valence-electron chi connectivity index (χ1n) is 8.47. The van der Waals surface area contributed by atoms with Gasteiger partial charge in [0.05, 0.1) is 17.7 Å². The maximum Gasteiger partial charge on any atom is 0.251 e. The van der Waals surface area contributed by atoms with Crippen molar-refractivity contribution in [2.45, 2.75) is 25.7 Å². The van der Waals surface area contributed by atoms with Gasteiger partial charge in [0.25, 0.3) is 5.91 Å². The van der Waals surface area contributed by atoms with Crippen LogP contribution in [0.5, 0.6) is 0 Å². The Morgan fingerprint density at radius 3 is 2.84 bits per heavy atom. The second-order valence-electron chi connectivity index (χ2n) is 6.08. The van der Waals surface area contributed by atoms with Gasteiger partial charge in [0, 0.05) is 25.1 Å². The van der Waals surface area contributed by atoms with E-state index in [1.165, 1.54) is 4.31 Å². The van der Waals surface area contributed by atoms with E-state index in [0.717, 1.165) is 25.0 Å². The number of nitrogens with one attached hydrogen (secondary N) is 1. The SMILES string of the molecule is O=C(NCCCc1ccco1)c1cccc(N2CCCCS2(=O)=O)c1. The summed E-state index contributed by atoms with van der Waals surface area (Å²) in [7, 11) is -3.27. The maximum absolute atomic E-state index is 12.3. The van der Waals surface area contributed by atoms with E-state index in [9.17, 15) is 13.2 Å². The number of sulfonamides is 1. The molecule has 0 atom stereocenters. The van der Waals surface area contributed by atoms with E-state index in [0.29, 0.717) is 30.8 Å². The lowest BCUT2D eigenvalue weighted by atomic mass is 10.1. The lowest BCUT2D eigenvalue weighted by Crippen LogP contribution is -2.38. The molecule has 1 aromatic carbocycles. The Hall–Kier alpha value is -2.28. The molecular formula is C18H22N2O4S.